The Kier molecular flexibility index (Phi) is 12.1. The lowest BCUT2D eigenvalue weighted by Gasteiger charge is -2.33. The van der Waals surface area contributed by atoms with Crippen molar-refractivity contribution < 1.29 is 28.7 Å². The molecule has 9 nitrogen and oxygen atoms in total. The first kappa shape index (κ1) is 31.5. The monoisotopic (exact) mass is 515 g/mol. The molecular formula is C28H41N3O6. The number of alkyl carbamates (subject to hydrolysis) is 1. The molecule has 1 rings (SSSR count). The smallest absolute Gasteiger partial charge is 0.408 e. The molecule has 0 radical (unpaired) electrons. The maximum atomic E-state index is 13.8. The Bertz CT molecular complexity index is 1010. The molecule has 2 N–H and O–H groups in total. The van der Waals surface area contributed by atoms with Gasteiger partial charge in [0.05, 0.1) is 13.0 Å². The number of nitrogens with zero attached hydrogens (tertiary/aromatic N) is 1. The van der Waals surface area contributed by atoms with Crippen LogP contribution in [0.4, 0.5) is 4.79 Å². The minimum absolute atomic E-state index is 0.0105. The average molecular weight is 516 g/mol. The molecule has 204 valence electrons. The van der Waals surface area contributed by atoms with Crippen molar-refractivity contribution in [1.29, 1.82) is 0 Å². The molecule has 3 atom stereocenters. The molecule has 0 bridgehead atoms. The second-order valence-corrected chi connectivity index (χ2v) is 9.96. The van der Waals surface area contributed by atoms with Crippen LogP contribution >= 0.6 is 0 Å². The number of terminal acetylenes is 1. The van der Waals surface area contributed by atoms with Gasteiger partial charge in [-0.05, 0) is 58.6 Å². The third kappa shape index (κ3) is 9.79. The summed E-state index contributed by atoms with van der Waals surface area (Å²) in [5.41, 5.74) is 1.41. The highest BCUT2D eigenvalue weighted by atomic mass is 16.6. The molecule has 9 heteroatoms. The molecule has 0 aliphatic rings. The van der Waals surface area contributed by atoms with Gasteiger partial charge in [0.2, 0.25) is 5.91 Å². The maximum Gasteiger partial charge on any atom is 0.408 e. The highest BCUT2D eigenvalue weighted by molar-refractivity contribution is 5.93. The summed E-state index contributed by atoms with van der Waals surface area (Å²) >= 11 is 0. The number of hydrogen-bond donors (Lipinski definition) is 2. The fraction of sp³-hybridized carbons (Fsp3) is 0.571. The van der Waals surface area contributed by atoms with Gasteiger partial charge < -0.3 is 20.1 Å². The second-order valence-electron chi connectivity index (χ2n) is 9.96. The van der Waals surface area contributed by atoms with Crippen molar-refractivity contribution in [3.8, 4) is 12.5 Å². The van der Waals surface area contributed by atoms with Gasteiger partial charge in [0, 0.05) is 12.6 Å². The molecule has 3 amide bonds. The maximum absolute atomic E-state index is 13.8. The van der Waals surface area contributed by atoms with Crippen LogP contribution < -0.4 is 10.6 Å². The largest absolute Gasteiger partial charge is 0.466 e. The second kappa shape index (κ2) is 14.3. The number of aryl methyl sites for hydroxylation is 2. The zero-order chi connectivity index (χ0) is 28.3. The van der Waals surface area contributed by atoms with Crippen LogP contribution in [-0.4, -0.2) is 53.6 Å². The van der Waals surface area contributed by atoms with Crippen molar-refractivity contribution in [2.75, 3.05) is 13.2 Å². The van der Waals surface area contributed by atoms with Crippen LogP contribution in [0.1, 0.15) is 77.1 Å². The zero-order valence-corrected chi connectivity index (χ0v) is 23.3. The van der Waals surface area contributed by atoms with Gasteiger partial charge in [-0.15, -0.1) is 0 Å². The number of amides is 3. The van der Waals surface area contributed by atoms with Gasteiger partial charge in [0.25, 0.3) is 5.91 Å². The summed E-state index contributed by atoms with van der Waals surface area (Å²) in [6, 6.07) is 5.67. The molecule has 0 aliphatic heterocycles. The topological polar surface area (TPSA) is 114 Å². The number of ether oxygens (including phenoxy) is 2. The number of carbonyl (C=O) groups excluding carboxylic acids is 4. The van der Waals surface area contributed by atoms with E-state index in [1.54, 1.807) is 40.7 Å². The highest BCUT2D eigenvalue weighted by Gasteiger charge is 2.38. The third-order valence-electron chi connectivity index (χ3n) is 5.70. The summed E-state index contributed by atoms with van der Waals surface area (Å²) in [5.74, 6) is -1.92. The molecule has 1 aromatic rings. The van der Waals surface area contributed by atoms with E-state index in [1.807, 2.05) is 32.9 Å². The minimum atomic E-state index is -1.19. The van der Waals surface area contributed by atoms with E-state index in [9.17, 15) is 19.2 Å². The number of hydrogen-bond acceptors (Lipinski definition) is 6. The summed E-state index contributed by atoms with van der Waals surface area (Å²) < 4.78 is 10.3. The van der Waals surface area contributed by atoms with Gasteiger partial charge in [0.1, 0.15) is 17.7 Å². The van der Waals surface area contributed by atoms with Crippen LogP contribution in [0.5, 0.6) is 0 Å². The lowest BCUT2D eigenvalue weighted by molar-refractivity contribution is -0.143. The van der Waals surface area contributed by atoms with Crippen molar-refractivity contribution in [2.24, 2.45) is 5.92 Å². The van der Waals surface area contributed by atoms with E-state index in [0.717, 1.165) is 16.0 Å². The summed E-state index contributed by atoms with van der Waals surface area (Å²) in [6.45, 7) is 14.5. The first-order valence-corrected chi connectivity index (χ1v) is 12.5. The average Bonchev–Trinajstić information content (AvgIpc) is 2.80. The normalized spacial score (nSPS) is 13.4. The van der Waals surface area contributed by atoms with Crippen molar-refractivity contribution in [1.82, 2.24) is 15.5 Å². The SMILES string of the molecule is C#CN(C(=O)C(NC(=O)OC(C)(C)C)C(C)CC)C(C(=O)NCCC(=O)OCC)c1cc(C)ccc1C. The summed E-state index contributed by atoms with van der Waals surface area (Å²) in [5, 5.41) is 5.34. The van der Waals surface area contributed by atoms with E-state index in [2.05, 4.69) is 16.7 Å². The van der Waals surface area contributed by atoms with Gasteiger partial charge >= 0.3 is 12.1 Å². The molecule has 1 aromatic carbocycles. The predicted octanol–water partition coefficient (Wildman–Crippen LogP) is 3.77. The molecule has 3 unspecified atom stereocenters. The molecular weight excluding hydrogens is 474 g/mol. The Balaban J connectivity index is 3.40. The quantitative estimate of drug-likeness (QED) is 0.263. The number of benzene rings is 1. The molecule has 0 saturated heterocycles. The lowest BCUT2D eigenvalue weighted by atomic mass is 9.94. The first-order chi connectivity index (χ1) is 17.2. The number of nitrogens with one attached hydrogen (secondary N) is 2. The van der Waals surface area contributed by atoms with Crippen molar-refractivity contribution >= 4 is 23.9 Å². The van der Waals surface area contributed by atoms with E-state index < -0.39 is 41.6 Å². The van der Waals surface area contributed by atoms with Crippen LogP contribution in [-0.2, 0) is 23.9 Å². The standard InChI is InChI=1S/C28H41N3O6/c1-10-19(5)23(30-27(35)37-28(7,8)9)26(34)31(11-2)24(21-17-18(4)13-14-20(21)6)25(33)29-16-15-22(32)36-12-3/h2,13-14,17,19,23-24H,10,12,15-16H2,1,3-9H3,(H,29,33)(H,30,35). The first-order valence-electron chi connectivity index (χ1n) is 12.5. The van der Waals surface area contributed by atoms with E-state index in [4.69, 9.17) is 15.9 Å². The molecule has 0 fully saturated rings. The van der Waals surface area contributed by atoms with Crippen molar-refractivity contribution in [2.45, 2.75) is 85.9 Å². The van der Waals surface area contributed by atoms with Crippen LogP contribution in [0.15, 0.2) is 18.2 Å². The third-order valence-corrected chi connectivity index (χ3v) is 5.70. The van der Waals surface area contributed by atoms with E-state index in [-0.39, 0.29) is 25.5 Å². The molecule has 0 aromatic heterocycles. The zero-order valence-electron chi connectivity index (χ0n) is 23.3. The molecule has 37 heavy (non-hydrogen) atoms. The number of esters is 1. The molecule has 0 spiro atoms. The van der Waals surface area contributed by atoms with Gasteiger partial charge in [-0.2, -0.15) is 0 Å². The van der Waals surface area contributed by atoms with E-state index in [1.165, 1.54) is 0 Å². The van der Waals surface area contributed by atoms with Crippen LogP contribution in [0, 0.1) is 32.2 Å². The summed E-state index contributed by atoms with van der Waals surface area (Å²) in [6.07, 6.45) is 5.60. The van der Waals surface area contributed by atoms with E-state index >= 15 is 0 Å². The van der Waals surface area contributed by atoms with Crippen LogP contribution in [0.3, 0.4) is 0 Å². The van der Waals surface area contributed by atoms with Crippen molar-refractivity contribution in [3.63, 3.8) is 0 Å². The molecule has 0 heterocycles. The van der Waals surface area contributed by atoms with Gasteiger partial charge in [-0.1, -0.05) is 50.5 Å². The Morgan fingerprint density at radius 1 is 1.14 bits per heavy atom. The van der Waals surface area contributed by atoms with Gasteiger partial charge in [0.15, 0.2) is 0 Å². The fourth-order valence-corrected chi connectivity index (χ4v) is 3.60. The molecule has 0 aliphatic carbocycles. The fourth-order valence-electron chi connectivity index (χ4n) is 3.60. The summed E-state index contributed by atoms with van der Waals surface area (Å²) in [7, 11) is 0. The number of carbonyl (C=O) groups is 4. The Hall–Kier alpha value is -3.54. The summed E-state index contributed by atoms with van der Waals surface area (Å²) in [4.78, 5) is 52.6. The Morgan fingerprint density at radius 3 is 2.32 bits per heavy atom. The van der Waals surface area contributed by atoms with Crippen LogP contribution in [0.2, 0.25) is 0 Å². The minimum Gasteiger partial charge on any atom is -0.466 e. The Morgan fingerprint density at radius 2 is 1.78 bits per heavy atom. The predicted molar refractivity (Wildman–Crippen MR) is 141 cm³/mol. The highest BCUT2D eigenvalue weighted by Crippen LogP contribution is 2.27. The van der Waals surface area contributed by atoms with Gasteiger partial charge in [-0.3, -0.25) is 19.3 Å². The van der Waals surface area contributed by atoms with Crippen molar-refractivity contribution in [3.05, 3.63) is 34.9 Å². The Labute approximate surface area is 220 Å². The van der Waals surface area contributed by atoms with Crippen LogP contribution in [0.25, 0.3) is 0 Å². The number of rotatable bonds is 11. The van der Waals surface area contributed by atoms with Gasteiger partial charge in [-0.25, -0.2) is 4.79 Å². The molecule has 0 saturated carbocycles. The van der Waals surface area contributed by atoms with E-state index in [0.29, 0.717) is 12.0 Å². The lowest BCUT2D eigenvalue weighted by Crippen LogP contribution is -2.54.